The van der Waals surface area contributed by atoms with E-state index >= 15 is 0 Å². The number of ether oxygens (including phenoxy) is 1. The van der Waals surface area contributed by atoms with Gasteiger partial charge in [-0.1, -0.05) is 29.3 Å². The zero-order valence-electron chi connectivity index (χ0n) is 9.40. The van der Waals surface area contributed by atoms with Crippen molar-refractivity contribution in [3.05, 3.63) is 27.2 Å². The minimum absolute atomic E-state index is 0.851. The monoisotopic (exact) mass is 268 g/mol. The summed E-state index contributed by atoms with van der Waals surface area (Å²) >= 11 is 3.64. The molecule has 0 unspecified atom stereocenters. The first kappa shape index (κ1) is 11.0. The van der Waals surface area contributed by atoms with Crippen molar-refractivity contribution >= 4 is 15.9 Å². The lowest BCUT2D eigenvalue weighted by molar-refractivity contribution is 0.303. The van der Waals surface area contributed by atoms with Crippen LogP contribution in [0.5, 0.6) is 5.75 Å². The molecule has 0 radical (unpaired) electrons. The number of benzene rings is 1. The van der Waals surface area contributed by atoms with Crippen LogP contribution in [0, 0.1) is 6.92 Å². The first-order valence-corrected chi connectivity index (χ1v) is 6.47. The summed E-state index contributed by atoms with van der Waals surface area (Å²) in [4.78, 5) is 0. The molecule has 2 heteroatoms. The Hall–Kier alpha value is -0.500. The van der Waals surface area contributed by atoms with E-state index in [1.54, 1.807) is 0 Å². The summed E-state index contributed by atoms with van der Waals surface area (Å²) in [6.45, 7) is 5.17. The van der Waals surface area contributed by atoms with E-state index in [0.717, 1.165) is 18.8 Å². The minimum atomic E-state index is 0.851. The van der Waals surface area contributed by atoms with Crippen LogP contribution >= 0.6 is 15.9 Å². The molecule has 1 aliphatic carbocycles. The quantitative estimate of drug-likeness (QED) is 0.750. The van der Waals surface area contributed by atoms with Crippen LogP contribution in [0.15, 0.2) is 10.5 Å². The second-order valence-electron chi connectivity index (χ2n) is 4.16. The first-order valence-electron chi connectivity index (χ1n) is 5.67. The Morgan fingerprint density at radius 1 is 1.33 bits per heavy atom. The number of hydrogen-bond acceptors (Lipinski definition) is 1. The lowest BCUT2D eigenvalue weighted by Gasteiger charge is -2.25. The maximum Gasteiger partial charge on any atom is 0.123 e. The SMILES string of the molecule is CCCCOc1cc(C)c(Br)c2c1CC2. The normalized spacial score (nSPS) is 13.3. The third kappa shape index (κ3) is 2.05. The summed E-state index contributed by atoms with van der Waals surface area (Å²) in [7, 11) is 0. The van der Waals surface area contributed by atoms with Crippen LogP contribution in [0.2, 0.25) is 0 Å². The van der Waals surface area contributed by atoms with Crippen molar-refractivity contribution in [2.45, 2.75) is 39.5 Å². The predicted octanol–water partition coefficient (Wildman–Crippen LogP) is 4.04. The van der Waals surface area contributed by atoms with Gasteiger partial charge in [-0.3, -0.25) is 0 Å². The fourth-order valence-electron chi connectivity index (χ4n) is 1.93. The Morgan fingerprint density at radius 2 is 2.07 bits per heavy atom. The molecule has 2 rings (SSSR count). The molecular formula is C13H17BrO. The van der Waals surface area contributed by atoms with Crippen LogP contribution in [-0.4, -0.2) is 6.61 Å². The molecule has 0 spiro atoms. The maximum atomic E-state index is 5.82. The summed E-state index contributed by atoms with van der Waals surface area (Å²) in [5, 5.41) is 0. The smallest absolute Gasteiger partial charge is 0.123 e. The number of unbranched alkanes of at least 4 members (excludes halogenated alkanes) is 1. The summed E-state index contributed by atoms with van der Waals surface area (Å²) in [5.41, 5.74) is 4.17. The van der Waals surface area contributed by atoms with Crippen molar-refractivity contribution in [3.8, 4) is 5.75 Å². The first-order chi connectivity index (χ1) is 7.24. The van der Waals surface area contributed by atoms with E-state index in [4.69, 9.17) is 4.74 Å². The third-order valence-electron chi connectivity index (χ3n) is 3.00. The lowest BCUT2D eigenvalue weighted by atomic mass is 9.86. The van der Waals surface area contributed by atoms with E-state index in [-0.39, 0.29) is 0 Å². The third-order valence-corrected chi connectivity index (χ3v) is 4.10. The molecular weight excluding hydrogens is 252 g/mol. The van der Waals surface area contributed by atoms with Gasteiger partial charge in [0, 0.05) is 4.47 Å². The van der Waals surface area contributed by atoms with E-state index in [1.807, 2.05) is 0 Å². The van der Waals surface area contributed by atoms with E-state index in [1.165, 1.54) is 40.4 Å². The van der Waals surface area contributed by atoms with Crippen molar-refractivity contribution in [3.63, 3.8) is 0 Å². The largest absolute Gasteiger partial charge is 0.493 e. The zero-order valence-corrected chi connectivity index (χ0v) is 11.0. The molecule has 1 aromatic carbocycles. The molecule has 1 aromatic rings. The summed E-state index contributed by atoms with van der Waals surface area (Å²) in [6.07, 6.45) is 4.71. The lowest BCUT2D eigenvalue weighted by Crippen LogP contribution is -2.13. The van der Waals surface area contributed by atoms with E-state index < -0.39 is 0 Å². The molecule has 0 saturated carbocycles. The molecule has 0 fully saturated rings. The van der Waals surface area contributed by atoms with Gasteiger partial charge in [-0.2, -0.15) is 0 Å². The zero-order chi connectivity index (χ0) is 10.8. The van der Waals surface area contributed by atoms with Gasteiger partial charge in [-0.25, -0.2) is 0 Å². The van der Waals surface area contributed by atoms with Gasteiger partial charge < -0.3 is 4.74 Å². The molecule has 0 aliphatic heterocycles. The number of fused-ring (bicyclic) bond motifs is 1. The minimum Gasteiger partial charge on any atom is -0.493 e. The number of hydrogen-bond donors (Lipinski definition) is 0. The van der Waals surface area contributed by atoms with Crippen LogP contribution in [0.3, 0.4) is 0 Å². The molecule has 0 N–H and O–H groups in total. The summed E-state index contributed by atoms with van der Waals surface area (Å²) in [5.74, 6) is 1.12. The number of rotatable bonds is 4. The molecule has 0 aromatic heterocycles. The fraction of sp³-hybridized carbons (Fsp3) is 0.538. The van der Waals surface area contributed by atoms with E-state index in [2.05, 4.69) is 35.8 Å². The molecule has 0 bridgehead atoms. The fourth-order valence-corrected chi connectivity index (χ4v) is 2.48. The highest BCUT2D eigenvalue weighted by atomic mass is 79.9. The molecule has 82 valence electrons. The topological polar surface area (TPSA) is 9.23 Å². The van der Waals surface area contributed by atoms with Gasteiger partial charge in [0.1, 0.15) is 5.75 Å². The van der Waals surface area contributed by atoms with Crippen LogP contribution < -0.4 is 4.74 Å². The summed E-state index contributed by atoms with van der Waals surface area (Å²) < 4.78 is 7.11. The van der Waals surface area contributed by atoms with Crippen molar-refractivity contribution in [1.29, 1.82) is 0 Å². The Morgan fingerprint density at radius 3 is 2.67 bits per heavy atom. The molecule has 0 saturated heterocycles. The van der Waals surface area contributed by atoms with Crippen molar-refractivity contribution in [2.24, 2.45) is 0 Å². The molecule has 0 heterocycles. The Kier molecular flexibility index (Phi) is 3.35. The van der Waals surface area contributed by atoms with Crippen LogP contribution in [0.4, 0.5) is 0 Å². The molecule has 1 aliphatic rings. The highest BCUT2D eigenvalue weighted by molar-refractivity contribution is 9.10. The van der Waals surface area contributed by atoms with Crippen LogP contribution in [-0.2, 0) is 12.8 Å². The number of aryl methyl sites for hydroxylation is 1. The second kappa shape index (κ2) is 4.56. The van der Waals surface area contributed by atoms with E-state index in [9.17, 15) is 0 Å². The Labute approximate surface area is 100.0 Å². The van der Waals surface area contributed by atoms with Crippen LogP contribution in [0.25, 0.3) is 0 Å². The molecule has 0 atom stereocenters. The molecule has 0 amide bonds. The second-order valence-corrected chi connectivity index (χ2v) is 4.96. The van der Waals surface area contributed by atoms with Gasteiger partial charge in [0.05, 0.1) is 6.61 Å². The van der Waals surface area contributed by atoms with Crippen molar-refractivity contribution < 1.29 is 4.74 Å². The van der Waals surface area contributed by atoms with Gasteiger partial charge in [0.25, 0.3) is 0 Å². The van der Waals surface area contributed by atoms with Gasteiger partial charge in [0.15, 0.2) is 0 Å². The van der Waals surface area contributed by atoms with Gasteiger partial charge >= 0.3 is 0 Å². The predicted molar refractivity (Wildman–Crippen MR) is 66.7 cm³/mol. The number of halogens is 1. The van der Waals surface area contributed by atoms with Crippen molar-refractivity contribution in [1.82, 2.24) is 0 Å². The Bertz CT molecular complexity index is 371. The molecule has 1 nitrogen and oxygen atoms in total. The highest BCUT2D eigenvalue weighted by Crippen LogP contribution is 2.39. The highest BCUT2D eigenvalue weighted by Gasteiger charge is 2.22. The standard InChI is InChI=1S/C13H17BrO/c1-3-4-7-15-12-8-9(2)13(14)11-6-5-10(11)12/h8H,3-7H2,1-2H3. The Balaban J connectivity index is 2.18. The van der Waals surface area contributed by atoms with Gasteiger partial charge in [-0.05, 0) is 48.9 Å². The van der Waals surface area contributed by atoms with Crippen molar-refractivity contribution in [2.75, 3.05) is 6.61 Å². The van der Waals surface area contributed by atoms with Gasteiger partial charge in [0.2, 0.25) is 0 Å². The molecule has 15 heavy (non-hydrogen) atoms. The average molecular weight is 269 g/mol. The average Bonchev–Trinajstić information content (AvgIpc) is 2.14. The maximum absolute atomic E-state index is 5.82. The van der Waals surface area contributed by atoms with E-state index in [0.29, 0.717) is 0 Å². The summed E-state index contributed by atoms with van der Waals surface area (Å²) in [6, 6.07) is 2.16. The van der Waals surface area contributed by atoms with Crippen LogP contribution in [0.1, 0.15) is 36.5 Å². The van der Waals surface area contributed by atoms with Gasteiger partial charge in [-0.15, -0.1) is 0 Å².